The molecule has 0 bridgehead atoms. The van der Waals surface area contributed by atoms with Gasteiger partial charge in [0, 0.05) is 13.1 Å². The second kappa shape index (κ2) is 6.95. The van der Waals surface area contributed by atoms with Gasteiger partial charge in [0.1, 0.15) is 6.61 Å². The third-order valence-corrected chi connectivity index (χ3v) is 4.94. The highest BCUT2D eigenvalue weighted by Crippen LogP contribution is 2.15. The van der Waals surface area contributed by atoms with Gasteiger partial charge in [-0.05, 0) is 19.1 Å². The number of hydrogen-bond acceptors (Lipinski definition) is 4. The van der Waals surface area contributed by atoms with Gasteiger partial charge in [0.05, 0.1) is 17.5 Å². The fraction of sp³-hybridized carbons (Fsp3) is 0.500. The molecule has 2 amide bonds. The van der Waals surface area contributed by atoms with E-state index in [0.29, 0.717) is 0 Å². The number of para-hydroxylation sites is 1. The Morgan fingerprint density at radius 2 is 2.00 bits per heavy atom. The fourth-order valence-corrected chi connectivity index (χ4v) is 3.24. The number of benzene rings is 1. The maximum absolute atomic E-state index is 13.4. The third kappa shape index (κ3) is 4.59. The first-order chi connectivity index (χ1) is 10.4. The Balaban J connectivity index is 1.78. The molecule has 1 aromatic carbocycles. The molecule has 6 nitrogen and oxygen atoms in total. The highest BCUT2D eigenvalue weighted by Gasteiger charge is 2.25. The first-order valence-corrected chi connectivity index (χ1v) is 8.83. The standard InChI is InChI=1S/C14H19FN2O4S/c1-11(10-21-13-5-3-2-4-12(13)15)16-14(18)17-6-8-22(19,20)9-7-17/h2-5,11H,6-10H2,1H3,(H,16,18). The molecule has 0 aromatic heterocycles. The number of amides is 2. The van der Waals surface area contributed by atoms with Crippen LogP contribution in [0.3, 0.4) is 0 Å². The van der Waals surface area contributed by atoms with Gasteiger partial charge >= 0.3 is 6.03 Å². The summed E-state index contributed by atoms with van der Waals surface area (Å²) >= 11 is 0. The molecule has 0 spiro atoms. The molecular formula is C14H19FN2O4S. The smallest absolute Gasteiger partial charge is 0.317 e. The minimum absolute atomic E-state index is 0.0134. The van der Waals surface area contributed by atoms with Gasteiger partial charge in [-0.1, -0.05) is 12.1 Å². The van der Waals surface area contributed by atoms with Crippen molar-refractivity contribution in [1.82, 2.24) is 10.2 Å². The quantitative estimate of drug-likeness (QED) is 0.895. The van der Waals surface area contributed by atoms with Crippen LogP contribution in [-0.4, -0.2) is 56.6 Å². The molecule has 2 rings (SSSR count). The fourth-order valence-electron chi connectivity index (χ4n) is 2.04. The van der Waals surface area contributed by atoms with E-state index < -0.39 is 15.7 Å². The SMILES string of the molecule is CC(COc1ccccc1F)NC(=O)N1CCS(=O)(=O)CC1. The molecule has 1 aromatic rings. The zero-order chi connectivity index (χ0) is 16.2. The minimum atomic E-state index is -3.02. The van der Waals surface area contributed by atoms with Gasteiger partial charge < -0.3 is 15.0 Å². The van der Waals surface area contributed by atoms with E-state index in [1.807, 2.05) is 0 Å². The maximum atomic E-state index is 13.4. The van der Waals surface area contributed by atoms with E-state index >= 15 is 0 Å². The van der Waals surface area contributed by atoms with Crippen molar-refractivity contribution < 1.29 is 22.3 Å². The lowest BCUT2D eigenvalue weighted by Gasteiger charge is -2.28. The Labute approximate surface area is 129 Å². The molecular weight excluding hydrogens is 311 g/mol. The Bertz CT molecular complexity index is 621. The second-order valence-corrected chi connectivity index (χ2v) is 7.53. The summed E-state index contributed by atoms with van der Waals surface area (Å²) in [4.78, 5) is 13.4. The van der Waals surface area contributed by atoms with Crippen molar-refractivity contribution in [3.8, 4) is 5.75 Å². The van der Waals surface area contributed by atoms with Crippen LogP contribution in [0, 0.1) is 5.82 Å². The van der Waals surface area contributed by atoms with Crippen LogP contribution in [0.5, 0.6) is 5.75 Å². The molecule has 1 aliphatic heterocycles. The van der Waals surface area contributed by atoms with Crippen LogP contribution in [0.4, 0.5) is 9.18 Å². The summed E-state index contributed by atoms with van der Waals surface area (Å²) in [6.45, 7) is 2.24. The third-order valence-electron chi connectivity index (χ3n) is 3.33. The summed E-state index contributed by atoms with van der Waals surface area (Å²) in [5.41, 5.74) is 0. The van der Waals surface area contributed by atoms with Crippen LogP contribution in [0.1, 0.15) is 6.92 Å². The molecule has 1 heterocycles. The summed E-state index contributed by atoms with van der Waals surface area (Å²) in [6, 6.07) is 5.38. The Kier molecular flexibility index (Phi) is 5.23. The molecule has 122 valence electrons. The first kappa shape index (κ1) is 16.5. The van der Waals surface area contributed by atoms with Crippen molar-refractivity contribution in [2.45, 2.75) is 13.0 Å². The molecule has 8 heteroatoms. The van der Waals surface area contributed by atoms with Gasteiger partial charge in [0.15, 0.2) is 21.4 Å². The number of halogens is 1. The molecule has 1 unspecified atom stereocenters. The molecule has 1 N–H and O–H groups in total. The van der Waals surface area contributed by atoms with Crippen molar-refractivity contribution >= 4 is 15.9 Å². The predicted octanol–water partition coefficient (Wildman–Crippen LogP) is 1.03. The summed E-state index contributed by atoms with van der Waals surface area (Å²) in [6.07, 6.45) is 0. The second-order valence-electron chi connectivity index (χ2n) is 5.23. The lowest BCUT2D eigenvalue weighted by atomic mass is 10.3. The lowest BCUT2D eigenvalue weighted by molar-refractivity contribution is 0.190. The van der Waals surface area contributed by atoms with Crippen LogP contribution in [-0.2, 0) is 9.84 Å². The van der Waals surface area contributed by atoms with E-state index in [0.717, 1.165) is 0 Å². The van der Waals surface area contributed by atoms with Crippen LogP contribution in [0.25, 0.3) is 0 Å². The Morgan fingerprint density at radius 3 is 2.64 bits per heavy atom. The molecule has 22 heavy (non-hydrogen) atoms. The van der Waals surface area contributed by atoms with Crippen LogP contribution in [0.2, 0.25) is 0 Å². The van der Waals surface area contributed by atoms with Gasteiger partial charge in [0.2, 0.25) is 0 Å². The number of nitrogens with zero attached hydrogens (tertiary/aromatic N) is 1. The summed E-state index contributed by atoms with van der Waals surface area (Å²) < 4.78 is 41.3. The number of ether oxygens (including phenoxy) is 1. The Hall–Kier alpha value is -1.83. The van der Waals surface area contributed by atoms with Crippen LogP contribution in [0.15, 0.2) is 24.3 Å². The lowest BCUT2D eigenvalue weighted by Crippen LogP contribution is -2.51. The van der Waals surface area contributed by atoms with Gasteiger partial charge in [0.25, 0.3) is 0 Å². The van der Waals surface area contributed by atoms with Crippen molar-refractivity contribution in [1.29, 1.82) is 0 Å². The zero-order valence-corrected chi connectivity index (χ0v) is 13.1. The maximum Gasteiger partial charge on any atom is 0.317 e. The van der Waals surface area contributed by atoms with E-state index in [-0.39, 0.29) is 49.0 Å². The van der Waals surface area contributed by atoms with Gasteiger partial charge in [-0.2, -0.15) is 0 Å². The Morgan fingerprint density at radius 1 is 1.36 bits per heavy atom. The number of carbonyl (C=O) groups excluding carboxylic acids is 1. The van der Waals surface area contributed by atoms with Gasteiger partial charge in [-0.3, -0.25) is 0 Å². The topological polar surface area (TPSA) is 75.7 Å². The van der Waals surface area contributed by atoms with E-state index in [9.17, 15) is 17.6 Å². The summed E-state index contributed by atoms with van der Waals surface area (Å²) in [5.74, 6) is -0.351. The monoisotopic (exact) mass is 330 g/mol. The number of urea groups is 1. The summed E-state index contributed by atoms with van der Waals surface area (Å²) in [7, 11) is -3.02. The highest BCUT2D eigenvalue weighted by molar-refractivity contribution is 7.91. The average Bonchev–Trinajstić information content (AvgIpc) is 2.46. The first-order valence-electron chi connectivity index (χ1n) is 7.00. The van der Waals surface area contributed by atoms with Crippen molar-refractivity contribution in [2.24, 2.45) is 0 Å². The number of nitrogens with one attached hydrogen (secondary N) is 1. The van der Waals surface area contributed by atoms with Gasteiger partial charge in [-0.15, -0.1) is 0 Å². The molecule has 1 atom stereocenters. The number of hydrogen-bond donors (Lipinski definition) is 1. The molecule has 0 saturated carbocycles. The van der Waals surface area contributed by atoms with E-state index in [1.165, 1.54) is 17.0 Å². The van der Waals surface area contributed by atoms with Crippen molar-refractivity contribution in [3.63, 3.8) is 0 Å². The summed E-state index contributed by atoms with van der Waals surface area (Å²) in [5, 5.41) is 2.71. The van der Waals surface area contributed by atoms with Crippen LogP contribution >= 0.6 is 0 Å². The molecule has 1 fully saturated rings. The normalized spacial score (nSPS) is 18.5. The van der Waals surface area contributed by atoms with Gasteiger partial charge in [-0.25, -0.2) is 17.6 Å². The van der Waals surface area contributed by atoms with Crippen molar-refractivity contribution in [3.05, 3.63) is 30.1 Å². The van der Waals surface area contributed by atoms with E-state index in [1.54, 1.807) is 19.1 Å². The highest BCUT2D eigenvalue weighted by atomic mass is 32.2. The van der Waals surface area contributed by atoms with E-state index in [2.05, 4.69) is 5.32 Å². The molecule has 1 saturated heterocycles. The molecule has 0 aliphatic carbocycles. The number of carbonyl (C=O) groups is 1. The number of sulfone groups is 1. The number of rotatable bonds is 4. The average molecular weight is 330 g/mol. The van der Waals surface area contributed by atoms with E-state index in [4.69, 9.17) is 4.74 Å². The molecule has 0 radical (unpaired) electrons. The minimum Gasteiger partial charge on any atom is -0.488 e. The van der Waals surface area contributed by atoms with Crippen molar-refractivity contribution in [2.75, 3.05) is 31.2 Å². The molecule has 1 aliphatic rings. The largest absolute Gasteiger partial charge is 0.488 e. The van der Waals surface area contributed by atoms with Crippen LogP contribution < -0.4 is 10.1 Å². The zero-order valence-electron chi connectivity index (χ0n) is 12.3. The predicted molar refractivity (Wildman–Crippen MR) is 80.1 cm³/mol.